The maximum atomic E-state index is 13.2. The third kappa shape index (κ3) is 3.65. The fraction of sp³-hybridized carbons (Fsp3) is 0.400. The average molecular weight is 466 g/mol. The Bertz CT molecular complexity index is 642. The molecule has 1 aromatic carbocycles. The molecule has 2 aromatic rings. The van der Waals surface area contributed by atoms with Gasteiger partial charge in [0.2, 0.25) is 0 Å². The fourth-order valence-corrected chi connectivity index (χ4v) is 3.94. The lowest BCUT2D eigenvalue weighted by molar-refractivity contribution is 0.582. The highest BCUT2D eigenvalue weighted by Gasteiger charge is 2.19. The van der Waals surface area contributed by atoms with Crippen molar-refractivity contribution >= 4 is 38.5 Å². The summed E-state index contributed by atoms with van der Waals surface area (Å²) in [5.41, 5.74) is 9.44. The van der Waals surface area contributed by atoms with E-state index in [4.69, 9.17) is 5.73 Å². The number of halogens is 3. The van der Waals surface area contributed by atoms with Gasteiger partial charge in [-0.25, -0.2) is 4.39 Å². The van der Waals surface area contributed by atoms with Crippen LogP contribution >= 0.6 is 38.5 Å². The maximum absolute atomic E-state index is 13.2. The molecule has 0 saturated carbocycles. The Morgan fingerprint density at radius 2 is 2.14 bits per heavy atom. The van der Waals surface area contributed by atoms with E-state index in [9.17, 15) is 4.39 Å². The fourth-order valence-electron chi connectivity index (χ4n) is 2.33. The minimum atomic E-state index is -0.233. The van der Waals surface area contributed by atoms with E-state index in [1.165, 1.54) is 12.1 Å². The minimum absolute atomic E-state index is 0.180. The number of nitrogens with zero attached hydrogens (tertiary/aromatic N) is 2. The van der Waals surface area contributed by atoms with Gasteiger partial charge in [0.15, 0.2) is 0 Å². The quantitative estimate of drug-likeness (QED) is 0.672. The van der Waals surface area contributed by atoms with E-state index in [0.29, 0.717) is 6.42 Å². The van der Waals surface area contributed by atoms with E-state index >= 15 is 0 Å². The van der Waals surface area contributed by atoms with Gasteiger partial charge in [0.05, 0.1) is 15.9 Å². The Hall–Kier alpha value is -0.470. The molecule has 6 heteroatoms. The molecule has 0 spiro atoms. The first-order valence-electron chi connectivity index (χ1n) is 6.92. The molecule has 0 saturated heterocycles. The first-order chi connectivity index (χ1) is 9.97. The highest BCUT2D eigenvalue weighted by molar-refractivity contribution is 14.1. The molecule has 2 rings (SSSR count). The van der Waals surface area contributed by atoms with Crippen LogP contribution in [0.5, 0.6) is 0 Å². The lowest BCUT2D eigenvalue weighted by Crippen LogP contribution is -2.17. The van der Waals surface area contributed by atoms with Crippen LogP contribution in [-0.4, -0.2) is 9.78 Å². The van der Waals surface area contributed by atoms with E-state index in [1.807, 2.05) is 4.68 Å². The first-order valence-corrected chi connectivity index (χ1v) is 8.79. The van der Waals surface area contributed by atoms with Crippen LogP contribution < -0.4 is 5.73 Å². The van der Waals surface area contributed by atoms with E-state index < -0.39 is 0 Å². The molecule has 0 aliphatic heterocycles. The van der Waals surface area contributed by atoms with Crippen molar-refractivity contribution in [2.45, 2.75) is 39.3 Å². The van der Waals surface area contributed by atoms with Gasteiger partial charge in [0.1, 0.15) is 5.82 Å². The molecular weight excluding hydrogens is 448 g/mol. The van der Waals surface area contributed by atoms with Gasteiger partial charge in [0.25, 0.3) is 0 Å². The summed E-state index contributed by atoms with van der Waals surface area (Å²) < 4.78 is 17.1. The number of rotatable bonds is 5. The van der Waals surface area contributed by atoms with Gasteiger partial charge in [0, 0.05) is 22.6 Å². The molecule has 2 N–H and O–H groups in total. The highest BCUT2D eigenvalue weighted by atomic mass is 127. The zero-order valence-electron chi connectivity index (χ0n) is 12.0. The van der Waals surface area contributed by atoms with Gasteiger partial charge in [-0.15, -0.1) is 0 Å². The van der Waals surface area contributed by atoms with E-state index in [-0.39, 0.29) is 11.9 Å². The summed E-state index contributed by atoms with van der Waals surface area (Å²) in [5, 5.41) is 4.58. The molecule has 1 unspecified atom stereocenters. The van der Waals surface area contributed by atoms with Gasteiger partial charge in [-0.05, 0) is 69.6 Å². The molecule has 0 radical (unpaired) electrons. The SMILES string of the molecule is CCc1nn(CC)c(CC(N)c2ccc(F)cc2I)c1Br. The Morgan fingerprint density at radius 1 is 1.43 bits per heavy atom. The second kappa shape index (κ2) is 7.19. The summed E-state index contributed by atoms with van der Waals surface area (Å²) in [6, 6.07) is 4.56. The van der Waals surface area contributed by atoms with Crippen molar-refractivity contribution in [1.82, 2.24) is 9.78 Å². The Labute approximate surface area is 146 Å². The number of aromatic nitrogens is 2. The summed E-state index contributed by atoms with van der Waals surface area (Å²) in [4.78, 5) is 0. The van der Waals surface area contributed by atoms with Crippen molar-refractivity contribution < 1.29 is 4.39 Å². The second-order valence-electron chi connectivity index (χ2n) is 4.85. The topological polar surface area (TPSA) is 43.8 Å². The van der Waals surface area contributed by atoms with Gasteiger partial charge < -0.3 is 5.73 Å². The molecule has 21 heavy (non-hydrogen) atoms. The molecule has 0 aliphatic carbocycles. The third-order valence-corrected chi connectivity index (χ3v) is 5.32. The normalized spacial score (nSPS) is 12.7. The lowest BCUT2D eigenvalue weighted by Gasteiger charge is -2.15. The smallest absolute Gasteiger partial charge is 0.124 e. The van der Waals surface area contributed by atoms with Crippen LogP contribution in [0.1, 0.15) is 36.8 Å². The Morgan fingerprint density at radius 3 is 2.71 bits per heavy atom. The second-order valence-corrected chi connectivity index (χ2v) is 6.81. The van der Waals surface area contributed by atoms with Crippen molar-refractivity contribution in [1.29, 1.82) is 0 Å². The number of hydrogen-bond acceptors (Lipinski definition) is 2. The van der Waals surface area contributed by atoms with Crippen LogP contribution in [0.2, 0.25) is 0 Å². The van der Waals surface area contributed by atoms with Gasteiger partial charge >= 0.3 is 0 Å². The predicted molar refractivity (Wildman–Crippen MR) is 94.7 cm³/mol. The van der Waals surface area contributed by atoms with E-state index in [0.717, 1.165) is 38.0 Å². The van der Waals surface area contributed by atoms with Crippen molar-refractivity contribution in [3.8, 4) is 0 Å². The Balaban J connectivity index is 2.31. The third-order valence-electron chi connectivity index (χ3n) is 3.47. The zero-order chi connectivity index (χ0) is 15.6. The highest BCUT2D eigenvalue weighted by Crippen LogP contribution is 2.28. The monoisotopic (exact) mass is 465 g/mol. The molecule has 1 heterocycles. The molecule has 0 amide bonds. The number of nitrogens with two attached hydrogens (primary N) is 1. The first kappa shape index (κ1) is 16.9. The van der Waals surface area contributed by atoms with Crippen LogP contribution in [0, 0.1) is 9.39 Å². The molecule has 0 aliphatic rings. The summed E-state index contributed by atoms with van der Waals surface area (Å²) >= 11 is 5.76. The molecule has 0 fully saturated rings. The summed E-state index contributed by atoms with van der Waals surface area (Å²) in [6.45, 7) is 4.95. The summed E-state index contributed by atoms with van der Waals surface area (Å²) in [5.74, 6) is -0.233. The standard InChI is InChI=1S/C15H18BrFIN3/c1-3-13-15(16)14(21(4-2)20-13)8-12(19)10-6-5-9(17)7-11(10)18/h5-7,12H,3-4,8,19H2,1-2H3. The van der Waals surface area contributed by atoms with Gasteiger partial charge in [-0.3, -0.25) is 4.68 Å². The number of benzene rings is 1. The zero-order valence-corrected chi connectivity index (χ0v) is 15.8. The summed E-state index contributed by atoms with van der Waals surface area (Å²) in [6.07, 6.45) is 1.55. The molecule has 1 atom stereocenters. The van der Waals surface area contributed by atoms with Crippen molar-refractivity contribution in [3.05, 3.63) is 49.0 Å². The van der Waals surface area contributed by atoms with Crippen molar-refractivity contribution in [3.63, 3.8) is 0 Å². The minimum Gasteiger partial charge on any atom is -0.324 e. The average Bonchev–Trinajstić information content (AvgIpc) is 2.75. The van der Waals surface area contributed by atoms with Crippen LogP contribution in [0.3, 0.4) is 0 Å². The van der Waals surface area contributed by atoms with Crippen LogP contribution in [0.15, 0.2) is 22.7 Å². The molecule has 0 bridgehead atoms. The maximum Gasteiger partial charge on any atom is 0.124 e. The van der Waals surface area contributed by atoms with Crippen LogP contribution in [0.25, 0.3) is 0 Å². The van der Waals surface area contributed by atoms with E-state index in [2.05, 4.69) is 57.5 Å². The molecule has 1 aromatic heterocycles. The molecule has 114 valence electrons. The van der Waals surface area contributed by atoms with Crippen molar-refractivity contribution in [2.24, 2.45) is 5.73 Å². The Kier molecular flexibility index (Phi) is 5.79. The number of hydrogen-bond donors (Lipinski definition) is 1. The van der Waals surface area contributed by atoms with Crippen LogP contribution in [0.4, 0.5) is 4.39 Å². The predicted octanol–water partition coefficient (Wildman–Crippen LogP) is 4.21. The molecule has 3 nitrogen and oxygen atoms in total. The van der Waals surface area contributed by atoms with E-state index in [1.54, 1.807) is 6.07 Å². The number of aryl methyl sites for hydroxylation is 2. The van der Waals surface area contributed by atoms with Gasteiger partial charge in [-0.2, -0.15) is 5.10 Å². The molecular formula is C15H18BrFIN3. The summed E-state index contributed by atoms with van der Waals surface area (Å²) in [7, 11) is 0. The lowest BCUT2D eigenvalue weighted by atomic mass is 10.0. The largest absolute Gasteiger partial charge is 0.324 e. The van der Waals surface area contributed by atoms with Crippen molar-refractivity contribution in [2.75, 3.05) is 0 Å². The van der Waals surface area contributed by atoms with Crippen LogP contribution in [-0.2, 0) is 19.4 Å². The van der Waals surface area contributed by atoms with Gasteiger partial charge in [-0.1, -0.05) is 13.0 Å².